The van der Waals surface area contributed by atoms with Gasteiger partial charge in [-0.1, -0.05) is 61.9 Å². The van der Waals surface area contributed by atoms with Gasteiger partial charge < -0.3 is 0 Å². The van der Waals surface area contributed by atoms with Crippen molar-refractivity contribution in [2.45, 2.75) is 27.7 Å². The highest BCUT2D eigenvalue weighted by Crippen LogP contribution is 2.14. The fraction of sp³-hybridized carbons (Fsp3) is 0.312. The van der Waals surface area contributed by atoms with E-state index in [0.29, 0.717) is 0 Å². The summed E-state index contributed by atoms with van der Waals surface area (Å²) >= 11 is 0. The summed E-state index contributed by atoms with van der Waals surface area (Å²) < 4.78 is 0. The summed E-state index contributed by atoms with van der Waals surface area (Å²) in [6.45, 7) is 7.50. The Balaban J connectivity index is 0.000000209. The number of hydrogen-bond acceptors (Lipinski definition) is 1. The molecule has 0 saturated heterocycles. The van der Waals surface area contributed by atoms with E-state index in [0.717, 1.165) is 0 Å². The van der Waals surface area contributed by atoms with Crippen LogP contribution in [0.4, 0.5) is 0 Å². The Labute approximate surface area is 103 Å². The van der Waals surface area contributed by atoms with Gasteiger partial charge in [-0.15, -0.1) is 0 Å². The molecule has 0 fully saturated rings. The number of carbonyl (C=O) groups excluding carboxylic acids is 1. The van der Waals surface area contributed by atoms with Crippen LogP contribution in [0.1, 0.15) is 26.3 Å². The smallest absolute Gasteiger partial charge is 0.132 e. The summed E-state index contributed by atoms with van der Waals surface area (Å²) in [6, 6.07) is 14.9. The van der Waals surface area contributed by atoms with Crippen molar-refractivity contribution in [2.75, 3.05) is 0 Å². The standard InChI is InChI=1S/C11H10.C5H10O/c1-9-6-7-10-4-2-3-5-11(10)8-9;1-4(2)5(3)6/h2-8H,1H3;4H,1-3H3. The molecule has 0 aliphatic carbocycles. The Hall–Kier alpha value is -1.63. The predicted octanol–water partition coefficient (Wildman–Crippen LogP) is 4.38. The lowest BCUT2D eigenvalue weighted by Gasteiger charge is -1.96. The van der Waals surface area contributed by atoms with Crippen molar-refractivity contribution in [1.29, 1.82) is 0 Å². The summed E-state index contributed by atoms with van der Waals surface area (Å²) in [5.41, 5.74) is 1.32. The molecule has 0 aliphatic heterocycles. The van der Waals surface area contributed by atoms with Gasteiger partial charge in [0.05, 0.1) is 0 Å². The Kier molecular flexibility index (Phi) is 4.89. The van der Waals surface area contributed by atoms with Gasteiger partial charge >= 0.3 is 0 Å². The highest BCUT2D eigenvalue weighted by atomic mass is 16.1. The van der Waals surface area contributed by atoms with Crippen LogP contribution in [-0.2, 0) is 4.79 Å². The van der Waals surface area contributed by atoms with E-state index in [1.54, 1.807) is 6.92 Å². The lowest BCUT2D eigenvalue weighted by atomic mass is 10.1. The normalized spacial score (nSPS) is 9.94. The van der Waals surface area contributed by atoms with E-state index < -0.39 is 0 Å². The zero-order valence-electron chi connectivity index (χ0n) is 11.0. The topological polar surface area (TPSA) is 17.1 Å². The molecule has 0 heterocycles. The number of hydrogen-bond donors (Lipinski definition) is 0. The number of carbonyl (C=O) groups is 1. The fourth-order valence-electron chi connectivity index (χ4n) is 1.31. The lowest BCUT2D eigenvalue weighted by molar-refractivity contribution is -0.119. The van der Waals surface area contributed by atoms with Gasteiger partial charge in [-0.3, -0.25) is 4.79 Å². The second kappa shape index (κ2) is 6.19. The number of benzene rings is 2. The van der Waals surface area contributed by atoms with Crippen molar-refractivity contribution >= 4 is 16.6 Å². The fourth-order valence-corrected chi connectivity index (χ4v) is 1.31. The van der Waals surface area contributed by atoms with Crippen LogP contribution in [0.3, 0.4) is 0 Å². The first kappa shape index (κ1) is 13.4. The highest BCUT2D eigenvalue weighted by molar-refractivity contribution is 5.82. The number of ketones is 1. The molecule has 0 amide bonds. The number of rotatable bonds is 1. The van der Waals surface area contributed by atoms with Gasteiger partial charge in [-0.25, -0.2) is 0 Å². The second-order valence-corrected chi connectivity index (χ2v) is 4.62. The molecule has 0 radical (unpaired) electrons. The largest absolute Gasteiger partial charge is 0.300 e. The third-order valence-electron chi connectivity index (χ3n) is 2.72. The van der Waals surface area contributed by atoms with Gasteiger partial charge in [0.25, 0.3) is 0 Å². The molecular weight excluding hydrogens is 208 g/mol. The lowest BCUT2D eigenvalue weighted by Crippen LogP contribution is -1.98. The molecule has 1 nitrogen and oxygen atoms in total. The van der Waals surface area contributed by atoms with Crippen molar-refractivity contribution in [1.82, 2.24) is 0 Å². The molecule has 90 valence electrons. The van der Waals surface area contributed by atoms with Crippen LogP contribution in [-0.4, -0.2) is 5.78 Å². The molecule has 0 atom stereocenters. The molecule has 2 aromatic carbocycles. The molecule has 0 aromatic heterocycles. The maximum Gasteiger partial charge on any atom is 0.132 e. The Bertz CT molecular complexity index is 498. The van der Waals surface area contributed by atoms with Gasteiger partial charge in [-0.05, 0) is 24.6 Å². The molecule has 1 heteroatoms. The minimum Gasteiger partial charge on any atom is -0.300 e. The van der Waals surface area contributed by atoms with Gasteiger partial charge in [0.15, 0.2) is 0 Å². The van der Waals surface area contributed by atoms with Crippen molar-refractivity contribution < 1.29 is 4.79 Å². The molecule has 0 unspecified atom stereocenters. The van der Waals surface area contributed by atoms with Crippen molar-refractivity contribution in [2.24, 2.45) is 5.92 Å². The number of Topliss-reactive ketones (excluding diaryl/α,β-unsaturated/α-hetero) is 1. The van der Waals surface area contributed by atoms with Crippen LogP contribution in [0.2, 0.25) is 0 Å². The van der Waals surface area contributed by atoms with Crippen LogP contribution in [0, 0.1) is 12.8 Å². The molecule has 0 N–H and O–H groups in total. The first-order valence-corrected chi connectivity index (χ1v) is 5.96. The third-order valence-corrected chi connectivity index (χ3v) is 2.72. The zero-order chi connectivity index (χ0) is 12.8. The summed E-state index contributed by atoms with van der Waals surface area (Å²) in [5.74, 6) is 0.472. The van der Waals surface area contributed by atoms with Crippen molar-refractivity contribution in [3.05, 3.63) is 48.0 Å². The van der Waals surface area contributed by atoms with Gasteiger partial charge in [0, 0.05) is 5.92 Å². The molecule has 0 aliphatic rings. The summed E-state index contributed by atoms with van der Waals surface area (Å²) in [7, 11) is 0. The van der Waals surface area contributed by atoms with E-state index in [1.807, 2.05) is 13.8 Å². The van der Waals surface area contributed by atoms with E-state index in [-0.39, 0.29) is 11.7 Å². The maximum absolute atomic E-state index is 10.1. The van der Waals surface area contributed by atoms with E-state index >= 15 is 0 Å². The van der Waals surface area contributed by atoms with E-state index in [1.165, 1.54) is 16.3 Å². The third kappa shape index (κ3) is 4.39. The van der Waals surface area contributed by atoms with Crippen LogP contribution in [0.25, 0.3) is 10.8 Å². The van der Waals surface area contributed by atoms with Crippen LogP contribution in [0.15, 0.2) is 42.5 Å². The number of aryl methyl sites for hydroxylation is 1. The minimum absolute atomic E-state index is 0.213. The SMILES string of the molecule is CC(=O)C(C)C.Cc1ccc2ccccc2c1. The van der Waals surface area contributed by atoms with Crippen LogP contribution < -0.4 is 0 Å². The van der Waals surface area contributed by atoms with E-state index in [2.05, 4.69) is 49.4 Å². The van der Waals surface area contributed by atoms with Gasteiger partial charge in [-0.2, -0.15) is 0 Å². The van der Waals surface area contributed by atoms with E-state index in [9.17, 15) is 4.79 Å². The highest BCUT2D eigenvalue weighted by Gasteiger charge is 1.95. The number of fused-ring (bicyclic) bond motifs is 1. The summed E-state index contributed by atoms with van der Waals surface area (Å²) in [6.07, 6.45) is 0. The molecule has 0 saturated carbocycles. The maximum atomic E-state index is 10.1. The Morgan fingerprint density at radius 2 is 1.53 bits per heavy atom. The predicted molar refractivity (Wildman–Crippen MR) is 74.2 cm³/mol. The van der Waals surface area contributed by atoms with Gasteiger partial charge in [0.2, 0.25) is 0 Å². The van der Waals surface area contributed by atoms with Crippen LogP contribution in [0.5, 0.6) is 0 Å². The molecule has 17 heavy (non-hydrogen) atoms. The molecule has 0 bridgehead atoms. The quantitative estimate of drug-likeness (QED) is 0.708. The first-order chi connectivity index (χ1) is 8.00. The minimum atomic E-state index is 0.213. The first-order valence-electron chi connectivity index (χ1n) is 5.96. The summed E-state index contributed by atoms with van der Waals surface area (Å²) in [4.78, 5) is 10.1. The van der Waals surface area contributed by atoms with Crippen molar-refractivity contribution in [3.63, 3.8) is 0 Å². The molecule has 2 rings (SSSR count). The molecule has 2 aromatic rings. The molecular formula is C16H20O. The summed E-state index contributed by atoms with van der Waals surface area (Å²) in [5, 5.41) is 2.64. The Morgan fingerprint density at radius 3 is 2.06 bits per heavy atom. The Morgan fingerprint density at radius 1 is 1.00 bits per heavy atom. The van der Waals surface area contributed by atoms with Crippen LogP contribution >= 0.6 is 0 Å². The van der Waals surface area contributed by atoms with Crippen molar-refractivity contribution in [3.8, 4) is 0 Å². The second-order valence-electron chi connectivity index (χ2n) is 4.62. The van der Waals surface area contributed by atoms with E-state index in [4.69, 9.17) is 0 Å². The molecule has 0 spiro atoms. The zero-order valence-corrected chi connectivity index (χ0v) is 11.0. The average Bonchev–Trinajstić information content (AvgIpc) is 2.29. The monoisotopic (exact) mass is 228 g/mol. The average molecular weight is 228 g/mol. The van der Waals surface area contributed by atoms with Gasteiger partial charge in [0.1, 0.15) is 5.78 Å².